The lowest BCUT2D eigenvalue weighted by atomic mass is 10.1. The monoisotopic (exact) mass is 242 g/mol. The van der Waals surface area contributed by atoms with E-state index in [2.05, 4.69) is 0 Å². The molecule has 3 aromatic heterocycles. The standard InChI is InChI=1S/C14H14N2O2/c1-2-3-6-11-13(17)15-8-4-5-10-7-9-16(12(10)15)14(11)18/h4-5,7-9H,2-3,6H2,1H3. The number of nitrogens with zero attached hydrogens (tertiary/aromatic N) is 2. The maximum atomic E-state index is 12.3. The van der Waals surface area contributed by atoms with Crippen molar-refractivity contribution in [3.05, 3.63) is 46.5 Å². The fourth-order valence-corrected chi connectivity index (χ4v) is 2.41. The molecule has 4 nitrogen and oxygen atoms in total. The van der Waals surface area contributed by atoms with Crippen molar-refractivity contribution >= 4 is 11.0 Å². The fraction of sp³-hybridized carbons (Fsp3) is 0.286. The molecule has 0 amide bonds. The van der Waals surface area contributed by atoms with Gasteiger partial charge in [-0.05, 0) is 31.0 Å². The largest absolute Gasteiger partial charge is 0.842 e. The second-order valence-corrected chi connectivity index (χ2v) is 4.54. The Kier molecular flexibility index (Phi) is 2.44. The van der Waals surface area contributed by atoms with Crippen molar-refractivity contribution in [1.29, 1.82) is 0 Å². The smallest absolute Gasteiger partial charge is 0.344 e. The zero-order chi connectivity index (χ0) is 12.7. The van der Waals surface area contributed by atoms with Gasteiger partial charge < -0.3 is 5.11 Å². The van der Waals surface area contributed by atoms with Gasteiger partial charge in [0.1, 0.15) is 6.20 Å². The fourth-order valence-electron chi connectivity index (χ4n) is 2.41. The predicted molar refractivity (Wildman–Crippen MR) is 66.1 cm³/mol. The molecule has 18 heavy (non-hydrogen) atoms. The third kappa shape index (κ3) is 1.38. The van der Waals surface area contributed by atoms with E-state index in [9.17, 15) is 9.90 Å². The molecule has 0 aliphatic heterocycles. The first-order chi connectivity index (χ1) is 8.74. The number of hydrogen-bond donors (Lipinski definition) is 0. The maximum absolute atomic E-state index is 12.3. The Labute approximate surface area is 104 Å². The highest BCUT2D eigenvalue weighted by molar-refractivity contribution is 5.73. The van der Waals surface area contributed by atoms with Crippen molar-refractivity contribution < 1.29 is 9.51 Å². The van der Waals surface area contributed by atoms with Crippen molar-refractivity contribution in [2.45, 2.75) is 26.2 Å². The summed E-state index contributed by atoms with van der Waals surface area (Å²) in [6.45, 7) is 2.05. The number of unbranched alkanes of at least 4 members (excludes halogenated alkanes) is 1. The van der Waals surface area contributed by atoms with Crippen molar-refractivity contribution in [1.82, 2.24) is 4.40 Å². The topological polar surface area (TPSA) is 48.6 Å². The van der Waals surface area contributed by atoms with Crippen LogP contribution in [0, 0.1) is 0 Å². The van der Waals surface area contributed by atoms with Gasteiger partial charge in [0, 0.05) is 0 Å². The lowest BCUT2D eigenvalue weighted by Gasteiger charge is -2.11. The van der Waals surface area contributed by atoms with E-state index in [1.165, 1.54) is 0 Å². The van der Waals surface area contributed by atoms with Gasteiger partial charge in [-0.2, -0.15) is 4.40 Å². The zero-order valence-corrected chi connectivity index (χ0v) is 10.2. The van der Waals surface area contributed by atoms with Crippen LogP contribution in [0.4, 0.5) is 0 Å². The molecule has 0 saturated heterocycles. The summed E-state index contributed by atoms with van der Waals surface area (Å²) in [7, 11) is 0. The van der Waals surface area contributed by atoms with Crippen LogP contribution in [0.5, 0.6) is 5.88 Å². The molecule has 0 aliphatic rings. The summed E-state index contributed by atoms with van der Waals surface area (Å²) in [5.74, 6) is -0.176. The molecule has 0 spiro atoms. The lowest BCUT2D eigenvalue weighted by molar-refractivity contribution is -0.587. The van der Waals surface area contributed by atoms with Gasteiger partial charge in [-0.25, -0.2) is 9.20 Å². The minimum atomic E-state index is -0.176. The molecule has 3 aromatic rings. The molecule has 92 valence electrons. The molecular formula is C14H14N2O2. The Balaban J connectivity index is 2.40. The van der Waals surface area contributed by atoms with Crippen LogP contribution >= 0.6 is 0 Å². The summed E-state index contributed by atoms with van der Waals surface area (Å²) >= 11 is 0. The first-order valence-electron chi connectivity index (χ1n) is 6.21. The third-order valence-electron chi connectivity index (χ3n) is 3.36. The van der Waals surface area contributed by atoms with Gasteiger partial charge >= 0.3 is 11.2 Å². The highest BCUT2D eigenvalue weighted by Crippen LogP contribution is 2.14. The predicted octanol–water partition coefficient (Wildman–Crippen LogP) is 0.892. The highest BCUT2D eigenvalue weighted by Gasteiger charge is 2.18. The first-order valence-corrected chi connectivity index (χ1v) is 6.21. The van der Waals surface area contributed by atoms with Crippen molar-refractivity contribution in [2.75, 3.05) is 0 Å². The van der Waals surface area contributed by atoms with E-state index in [0.717, 1.165) is 18.2 Å². The molecule has 0 N–H and O–H groups in total. The molecule has 0 bridgehead atoms. The number of rotatable bonds is 3. The minimum Gasteiger partial charge on any atom is -0.842 e. The van der Waals surface area contributed by atoms with Gasteiger partial charge in [0.05, 0.1) is 23.0 Å². The lowest BCUT2D eigenvalue weighted by Crippen LogP contribution is -2.36. The van der Waals surface area contributed by atoms with Crippen LogP contribution in [0.1, 0.15) is 25.3 Å². The summed E-state index contributed by atoms with van der Waals surface area (Å²) in [5.41, 5.74) is 0.889. The van der Waals surface area contributed by atoms with Crippen molar-refractivity contribution in [2.24, 2.45) is 0 Å². The summed E-state index contributed by atoms with van der Waals surface area (Å²) < 4.78 is 3.14. The summed E-state index contributed by atoms with van der Waals surface area (Å²) in [4.78, 5) is 12.3. The van der Waals surface area contributed by atoms with Crippen LogP contribution in [0.3, 0.4) is 0 Å². The molecule has 0 atom stereocenters. The van der Waals surface area contributed by atoms with Crippen LogP contribution in [0.25, 0.3) is 11.0 Å². The van der Waals surface area contributed by atoms with Crippen LogP contribution in [0.2, 0.25) is 0 Å². The SMILES string of the molecule is CCCCc1c([O-])[n+]2cccc3ccn(c1=O)c32. The molecule has 0 unspecified atom stereocenters. The number of hydrogen-bond acceptors (Lipinski definition) is 2. The third-order valence-corrected chi connectivity index (χ3v) is 3.36. The van der Waals surface area contributed by atoms with Gasteiger partial charge in [-0.15, -0.1) is 0 Å². The van der Waals surface area contributed by atoms with Crippen LogP contribution in [-0.2, 0) is 6.42 Å². The molecule has 0 saturated carbocycles. The Bertz CT molecular complexity index is 761. The van der Waals surface area contributed by atoms with Gasteiger partial charge in [-0.3, -0.25) is 0 Å². The van der Waals surface area contributed by atoms with E-state index < -0.39 is 0 Å². The average Bonchev–Trinajstić information content (AvgIpc) is 2.81. The van der Waals surface area contributed by atoms with E-state index in [4.69, 9.17) is 0 Å². The van der Waals surface area contributed by atoms with Gasteiger partial charge in [0.25, 0.3) is 0 Å². The van der Waals surface area contributed by atoms with Gasteiger partial charge in [-0.1, -0.05) is 13.3 Å². The highest BCUT2D eigenvalue weighted by atomic mass is 16.3. The summed E-state index contributed by atoms with van der Waals surface area (Å²) in [6, 6.07) is 5.59. The van der Waals surface area contributed by atoms with Crippen LogP contribution < -0.4 is 15.1 Å². The van der Waals surface area contributed by atoms with Crippen LogP contribution in [-0.4, -0.2) is 4.40 Å². The van der Waals surface area contributed by atoms with Gasteiger partial charge in [0.2, 0.25) is 0 Å². The molecule has 4 heteroatoms. The number of pyridine rings is 1. The Hall–Kier alpha value is -2.10. The second-order valence-electron chi connectivity index (χ2n) is 4.54. The summed E-state index contributed by atoms with van der Waals surface area (Å²) in [5, 5.41) is 13.2. The Morgan fingerprint density at radius 1 is 1.39 bits per heavy atom. The normalized spacial score (nSPS) is 11.6. The van der Waals surface area contributed by atoms with E-state index in [0.29, 0.717) is 17.6 Å². The quantitative estimate of drug-likeness (QED) is 0.640. The van der Waals surface area contributed by atoms with E-state index in [-0.39, 0.29) is 11.4 Å². The minimum absolute atomic E-state index is 0.172. The molecule has 3 rings (SSSR count). The summed E-state index contributed by atoms with van der Waals surface area (Å²) in [6.07, 6.45) is 5.84. The van der Waals surface area contributed by atoms with E-state index >= 15 is 0 Å². The van der Waals surface area contributed by atoms with Gasteiger partial charge in [0.15, 0.2) is 0 Å². The Morgan fingerprint density at radius 2 is 2.22 bits per heavy atom. The Morgan fingerprint density at radius 3 is 3.00 bits per heavy atom. The van der Waals surface area contributed by atoms with E-state index in [1.54, 1.807) is 21.2 Å². The molecule has 0 aromatic carbocycles. The molecular weight excluding hydrogens is 228 g/mol. The first kappa shape index (κ1) is 11.0. The average molecular weight is 242 g/mol. The molecule has 3 heterocycles. The molecule has 0 radical (unpaired) electrons. The number of aromatic nitrogens is 2. The molecule has 0 fully saturated rings. The van der Waals surface area contributed by atoms with E-state index in [1.807, 2.05) is 25.1 Å². The van der Waals surface area contributed by atoms with Crippen molar-refractivity contribution in [3.63, 3.8) is 0 Å². The van der Waals surface area contributed by atoms with Crippen molar-refractivity contribution in [3.8, 4) is 5.88 Å². The zero-order valence-electron chi connectivity index (χ0n) is 10.2. The molecule has 0 aliphatic carbocycles. The second kappa shape index (κ2) is 3.98. The maximum Gasteiger partial charge on any atom is 0.344 e. The van der Waals surface area contributed by atoms with Crippen LogP contribution in [0.15, 0.2) is 35.4 Å².